The van der Waals surface area contributed by atoms with Crippen molar-refractivity contribution in [1.29, 1.82) is 0 Å². The lowest BCUT2D eigenvalue weighted by Crippen LogP contribution is -2.43. The Labute approximate surface area is 141 Å². The Hall–Kier alpha value is -2.40. The standard InChI is InChI=1S/C19H22N2O3/c22-13-10-20-18(23)15-8-11-21(12-9-15)19(24)17-7-3-5-14-4-1-2-6-16(14)17/h1-7,15,22H,8-13H2,(H,20,23). The molecule has 0 saturated carbocycles. The van der Waals surface area contributed by atoms with Crippen molar-refractivity contribution in [3.8, 4) is 0 Å². The van der Waals surface area contributed by atoms with E-state index in [1.807, 2.05) is 47.4 Å². The lowest BCUT2D eigenvalue weighted by atomic mass is 9.95. The van der Waals surface area contributed by atoms with Crippen LogP contribution >= 0.6 is 0 Å². The number of aliphatic hydroxyl groups is 1. The van der Waals surface area contributed by atoms with E-state index in [1.165, 1.54) is 0 Å². The van der Waals surface area contributed by atoms with Crippen molar-refractivity contribution in [3.63, 3.8) is 0 Å². The van der Waals surface area contributed by atoms with Crippen molar-refractivity contribution in [2.45, 2.75) is 12.8 Å². The summed E-state index contributed by atoms with van der Waals surface area (Å²) in [6.45, 7) is 1.40. The zero-order valence-electron chi connectivity index (χ0n) is 13.6. The van der Waals surface area contributed by atoms with Gasteiger partial charge in [-0.2, -0.15) is 0 Å². The molecule has 0 radical (unpaired) electrons. The van der Waals surface area contributed by atoms with E-state index < -0.39 is 0 Å². The van der Waals surface area contributed by atoms with Gasteiger partial charge in [0.15, 0.2) is 0 Å². The number of fused-ring (bicyclic) bond motifs is 1. The summed E-state index contributed by atoms with van der Waals surface area (Å²) in [7, 11) is 0. The Balaban J connectivity index is 1.68. The number of likely N-dealkylation sites (tertiary alicyclic amines) is 1. The van der Waals surface area contributed by atoms with Crippen LogP contribution in [0.4, 0.5) is 0 Å². The molecule has 0 bridgehead atoms. The molecule has 1 heterocycles. The Morgan fingerprint density at radius 2 is 1.79 bits per heavy atom. The number of hydrogen-bond acceptors (Lipinski definition) is 3. The molecule has 1 aliphatic rings. The maximum Gasteiger partial charge on any atom is 0.254 e. The molecule has 2 amide bonds. The van der Waals surface area contributed by atoms with Gasteiger partial charge in [-0.05, 0) is 29.7 Å². The van der Waals surface area contributed by atoms with Crippen LogP contribution in [0.2, 0.25) is 0 Å². The van der Waals surface area contributed by atoms with Crippen LogP contribution in [0.25, 0.3) is 10.8 Å². The predicted octanol–water partition coefficient (Wildman–Crippen LogP) is 1.80. The smallest absolute Gasteiger partial charge is 0.254 e. The molecule has 1 saturated heterocycles. The highest BCUT2D eigenvalue weighted by Gasteiger charge is 2.28. The van der Waals surface area contributed by atoms with Crippen LogP contribution in [0.5, 0.6) is 0 Å². The molecule has 2 N–H and O–H groups in total. The SMILES string of the molecule is O=C(NCCO)C1CCN(C(=O)c2cccc3ccccc23)CC1. The van der Waals surface area contributed by atoms with Crippen LogP contribution in [0.15, 0.2) is 42.5 Å². The average molecular weight is 326 g/mol. The first-order valence-electron chi connectivity index (χ1n) is 8.36. The maximum atomic E-state index is 12.9. The first-order valence-corrected chi connectivity index (χ1v) is 8.36. The summed E-state index contributed by atoms with van der Waals surface area (Å²) in [6.07, 6.45) is 1.32. The van der Waals surface area contributed by atoms with E-state index in [1.54, 1.807) is 0 Å². The third-order valence-electron chi connectivity index (χ3n) is 4.58. The fourth-order valence-corrected chi connectivity index (χ4v) is 3.25. The Morgan fingerprint density at radius 3 is 2.54 bits per heavy atom. The van der Waals surface area contributed by atoms with Gasteiger partial charge in [-0.15, -0.1) is 0 Å². The fourth-order valence-electron chi connectivity index (χ4n) is 3.25. The number of nitrogens with one attached hydrogen (secondary N) is 1. The summed E-state index contributed by atoms with van der Waals surface area (Å²) in [5.41, 5.74) is 0.719. The van der Waals surface area contributed by atoms with Crippen LogP contribution in [-0.4, -0.2) is 48.1 Å². The molecule has 3 rings (SSSR count). The molecule has 5 heteroatoms. The van der Waals surface area contributed by atoms with Gasteiger partial charge in [0.1, 0.15) is 0 Å². The van der Waals surface area contributed by atoms with Crippen LogP contribution < -0.4 is 5.32 Å². The lowest BCUT2D eigenvalue weighted by Gasteiger charge is -2.31. The molecule has 0 aromatic heterocycles. The van der Waals surface area contributed by atoms with Gasteiger partial charge in [-0.1, -0.05) is 36.4 Å². The Bertz CT molecular complexity index is 731. The number of nitrogens with zero attached hydrogens (tertiary/aromatic N) is 1. The first kappa shape index (κ1) is 16.5. The van der Waals surface area contributed by atoms with E-state index in [2.05, 4.69) is 5.32 Å². The Morgan fingerprint density at radius 1 is 1.08 bits per heavy atom. The Kier molecular flexibility index (Phi) is 5.11. The van der Waals surface area contributed by atoms with Crippen LogP contribution in [-0.2, 0) is 4.79 Å². The van der Waals surface area contributed by atoms with Crippen molar-refractivity contribution < 1.29 is 14.7 Å². The van der Waals surface area contributed by atoms with E-state index in [0.29, 0.717) is 25.9 Å². The van der Waals surface area contributed by atoms with E-state index in [4.69, 9.17) is 5.11 Å². The van der Waals surface area contributed by atoms with Gasteiger partial charge in [0.25, 0.3) is 5.91 Å². The molecule has 2 aromatic rings. The van der Waals surface area contributed by atoms with Crippen molar-refractivity contribution in [2.24, 2.45) is 5.92 Å². The summed E-state index contributed by atoms with van der Waals surface area (Å²) in [5, 5.41) is 13.5. The van der Waals surface area contributed by atoms with Gasteiger partial charge in [0, 0.05) is 31.1 Å². The highest BCUT2D eigenvalue weighted by atomic mass is 16.3. The predicted molar refractivity (Wildman–Crippen MR) is 92.7 cm³/mol. The number of benzene rings is 2. The normalized spacial score (nSPS) is 15.5. The molecule has 0 unspecified atom stereocenters. The number of amides is 2. The highest BCUT2D eigenvalue weighted by molar-refractivity contribution is 6.07. The van der Waals surface area contributed by atoms with Gasteiger partial charge < -0.3 is 15.3 Å². The number of carbonyl (C=O) groups is 2. The summed E-state index contributed by atoms with van der Waals surface area (Å²) in [5.74, 6) is -0.0737. The van der Waals surface area contributed by atoms with Crippen molar-refractivity contribution in [2.75, 3.05) is 26.2 Å². The molecular weight excluding hydrogens is 304 g/mol. The minimum atomic E-state index is -0.0758. The van der Waals surface area contributed by atoms with Crippen molar-refractivity contribution in [1.82, 2.24) is 10.2 Å². The van der Waals surface area contributed by atoms with Crippen LogP contribution in [0.3, 0.4) is 0 Å². The van der Waals surface area contributed by atoms with E-state index in [9.17, 15) is 9.59 Å². The summed E-state index contributed by atoms with van der Waals surface area (Å²) in [4.78, 5) is 26.6. The number of carbonyl (C=O) groups excluding carboxylic acids is 2. The monoisotopic (exact) mass is 326 g/mol. The van der Waals surface area contributed by atoms with Gasteiger partial charge in [0.2, 0.25) is 5.91 Å². The van der Waals surface area contributed by atoms with Gasteiger partial charge in [-0.25, -0.2) is 0 Å². The minimum Gasteiger partial charge on any atom is -0.395 e. The van der Waals surface area contributed by atoms with Gasteiger partial charge in [0.05, 0.1) is 6.61 Å². The number of aliphatic hydroxyl groups excluding tert-OH is 1. The second-order valence-corrected chi connectivity index (χ2v) is 6.11. The van der Waals surface area contributed by atoms with Crippen LogP contribution in [0, 0.1) is 5.92 Å². The third kappa shape index (κ3) is 3.41. The topological polar surface area (TPSA) is 69.6 Å². The zero-order valence-corrected chi connectivity index (χ0v) is 13.6. The van der Waals surface area contributed by atoms with Gasteiger partial charge in [-0.3, -0.25) is 9.59 Å². The molecule has 126 valence electrons. The maximum absolute atomic E-state index is 12.9. The second-order valence-electron chi connectivity index (χ2n) is 6.11. The van der Waals surface area contributed by atoms with E-state index >= 15 is 0 Å². The number of piperidine rings is 1. The largest absolute Gasteiger partial charge is 0.395 e. The summed E-state index contributed by atoms with van der Waals surface area (Å²) < 4.78 is 0. The van der Waals surface area contributed by atoms with Gasteiger partial charge >= 0.3 is 0 Å². The lowest BCUT2D eigenvalue weighted by molar-refractivity contribution is -0.126. The second kappa shape index (κ2) is 7.45. The molecule has 0 spiro atoms. The minimum absolute atomic E-state index is 0.0266. The first-order chi connectivity index (χ1) is 11.7. The average Bonchev–Trinajstić information content (AvgIpc) is 2.65. The molecule has 5 nitrogen and oxygen atoms in total. The van der Waals surface area contributed by atoms with Crippen molar-refractivity contribution >= 4 is 22.6 Å². The summed E-state index contributed by atoms with van der Waals surface area (Å²) >= 11 is 0. The zero-order chi connectivity index (χ0) is 16.9. The molecular formula is C19H22N2O3. The number of hydrogen-bond donors (Lipinski definition) is 2. The quantitative estimate of drug-likeness (QED) is 0.900. The molecule has 24 heavy (non-hydrogen) atoms. The molecule has 1 fully saturated rings. The third-order valence-corrected chi connectivity index (χ3v) is 4.58. The summed E-state index contributed by atoms with van der Waals surface area (Å²) in [6, 6.07) is 13.7. The molecule has 0 atom stereocenters. The molecule has 1 aliphatic heterocycles. The van der Waals surface area contributed by atoms with E-state index in [0.717, 1.165) is 16.3 Å². The molecule has 2 aromatic carbocycles. The van der Waals surface area contributed by atoms with Crippen LogP contribution in [0.1, 0.15) is 23.2 Å². The molecule has 0 aliphatic carbocycles. The number of rotatable bonds is 4. The fraction of sp³-hybridized carbons (Fsp3) is 0.368. The van der Waals surface area contributed by atoms with E-state index in [-0.39, 0.29) is 30.9 Å². The highest BCUT2D eigenvalue weighted by Crippen LogP contribution is 2.23. The van der Waals surface area contributed by atoms with Crippen molar-refractivity contribution in [3.05, 3.63) is 48.0 Å².